The third-order valence-electron chi connectivity index (χ3n) is 5.12. The average Bonchev–Trinajstić information content (AvgIpc) is 2.77. The van der Waals surface area contributed by atoms with Crippen molar-refractivity contribution in [1.82, 2.24) is 5.59 Å². The number of aliphatic hydroxyl groups excluding tert-OH is 1. The Labute approximate surface area is 171 Å². The summed E-state index contributed by atoms with van der Waals surface area (Å²) in [5.74, 6) is 0.257. The van der Waals surface area contributed by atoms with Gasteiger partial charge in [-0.15, -0.1) is 5.59 Å². The Kier molecular flexibility index (Phi) is 7.19. The second kappa shape index (κ2) is 10.0. The lowest BCUT2D eigenvalue weighted by Gasteiger charge is -2.34. The van der Waals surface area contributed by atoms with E-state index in [0.717, 1.165) is 31.6 Å². The van der Waals surface area contributed by atoms with Gasteiger partial charge in [-0.3, -0.25) is 9.63 Å². The van der Waals surface area contributed by atoms with Crippen molar-refractivity contribution in [3.63, 3.8) is 0 Å². The summed E-state index contributed by atoms with van der Waals surface area (Å²) >= 11 is 0. The Bertz CT molecular complexity index is 855. The zero-order valence-electron chi connectivity index (χ0n) is 16.5. The average molecular weight is 394 g/mol. The van der Waals surface area contributed by atoms with Gasteiger partial charge in [0.25, 0.3) is 0 Å². The van der Waals surface area contributed by atoms with Crippen LogP contribution in [0.4, 0.5) is 11.4 Å². The number of carbonyl (C=O) groups excluding carboxylic acids is 1. The van der Waals surface area contributed by atoms with E-state index in [1.165, 1.54) is 17.5 Å². The smallest absolute Gasteiger partial charge is 0.240 e. The number of carbonyl (C=O) groups is 1. The molecule has 2 N–H and O–H groups in total. The van der Waals surface area contributed by atoms with Crippen molar-refractivity contribution in [3.05, 3.63) is 59.7 Å². The zero-order valence-corrected chi connectivity index (χ0v) is 16.5. The van der Waals surface area contributed by atoms with Crippen molar-refractivity contribution in [1.29, 1.82) is 5.26 Å². The molecule has 152 valence electrons. The molecule has 7 nitrogen and oxygen atoms in total. The van der Waals surface area contributed by atoms with Crippen LogP contribution in [0.15, 0.2) is 48.5 Å². The molecule has 0 aromatic heterocycles. The maximum Gasteiger partial charge on any atom is 0.240 e. The minimum Gasteiger partial charge on any atom is -0.394 e. The number of benzene rings is 2. The van der Waals surface area contributed by atoms with E-state index in [9.17, 15) is 4.79 Å². The molecule has 0 spiro atoms. The Morgan fingerprint density at radius 2 is 2.00 bits per heavy atom. The fourth-order valence-electron chi connectivity index (χ4n) is 3.59. The second-order valence-corrected chi connectivity index (χ2v) is 7.03. The molecule has 0 saturated carbocycles. The number of aliphatic hydroxyl groups is 1. The van der Waals surface area contributed by atoms with Gasteiger partial charge in [0.2, 0.25) is 5.91 Å². The summed E-state index contributed by atoms with van der Waals surface area (Å²) in [5, 5.41) is 19.2. The number of rotatable bonds is 7. The Balaban J connectivity index is 1.61. The van der Waals surface area contributed by atoms with Crippen molar-refractivity contribution < 1.29 is 14.7 Å². The molecule has 0 radical (unpaired) electrons. The predicted molar refractivity (Wildman–Crippen MR) is 111 cm³/mol. The number of hydrazine groups is 1. The molecule has 1 heterocycles. The van der Waals surface area contributed by atoms with Crippen LogP contribution in [0, 0.1) is 11.3 Å². The van der Waals surface area contributed by atoms with Gasteiger partial charge in [-0.2, -0.15) is 5.26 Å². The van der Waals surface area contributed by atoms with Crippen LogP contribution in [0.25, 0.3) is 0 Å². The third-order valence-corrected chi connectivity index (χ3v) is 5.12. The van der Waals surface area contributed by atoms with E-state index < -0.39 is 0 Å². The molecular formula is C22H26N4O3. The molecule has 0 atom stereocenters. The second-order valence-electron chi connectivity index (χ2n) is 7.03. The number of nitriles is 1. The van der Waals surface area contributed by atoms with E-state index in [1.54, 1.807) is 0 Å². The predicted octanol–water partition coefficient (Wildman–Crippen LogP) is 2.72. The van der Waals surface area contributed by atoms with Crippen molar-refractivity contribution in [2.75, 3.05) is 36.2 Å². The number of hydrogen-bond donors (Lipinski definition) is 2. The molecule has 1 aliphatic heterocycles. The summed E-state index contributed by atoms with van der Waals surface area (Å²) in [6, 6.07) is 17.8. The largest absolute Gasteiger partial charge is 0.394 e. The molecule has 3 rings (SSSR count). The molecule has 1 fully saturated rings. The molecule has 2 aromatic rings. The van der Waals surface area contributed by atoms with Crippen molar-refractivity contribution in [3.8, 4) is 6.07 Å². The standard InChI is InChI=1S/C22H26N4O3/c1-17(28)26(24-29-14-13-27)21-7-5-19(6-8-21)20-9-11-25(12-10-20)22-4-2-3-18(15-22)16-23/h2-8,15,20,24,27H,9-14H2,1H3. The fraction of sp³-hybridized carbons (Fsp3) is 0.364. The highest BCUT2D eigenvalue weighted by molar-refractivity contribution is 5.90. The summed E-state index contributed by atoms with van der Waals surface area (Å²) < 4.78 is 0. The van der Waals surface area contributed by atoms with Crippen LogP contribution in [-0.2, 0) is 9.63 Å². The Morgan fingerprint density at radius 3 is 2.62 bits per heavy atom. The Morgan fingerprint density at radius 1 is 1.28 bits per heavy atom. The summed E-state index contributed by atoms with van der Waals surface area (Å²) in [7, 11) is 0. The van der Waals surface area contributed by atoms with Crippen molar-refractivity contribution >= 4 is 17.3 Å². The number of piperidine rings is 1. The molecule has 0 unspecified atom stereocenters. The quantitative estimate of drug-likeness (QED) is 0.555. The van der Waals surface area contributed by atoms with Crippen LogP contribution in [-0.4, -0.2) is 37.3 Å². The van der Waals surface area contributed by atoms with Crippen LogP contribution >= 0.6 is 0 Å². The lowest BCUT2D eigenvalue weighted by Crippen LogP contribution is -2.42. The maximum absolute atomic E-state index is 11.8. The van der Waals surface area contributed by atoms with Crippen LogP contribution < -0.4 is 15.5 Å². The molecule has 29 heavy (non-hydrogen) atoms. The molecule has 1 saturated heterocycles. The minimum atomic E-state index is -0.205. The van der Waals surface area contributed by atoms with Gasteiger partial charge >= 0.3 is 0 Å². The number of nitrogens with one attached hydrogen (secondary N) is 1. The number of hydrogen-bond acceptors (Lipinski definition) is 6. The summed E-state index contributed by atoms with van der Waals surface area (Å²) in [5.41, 5.74) is 6.28. The third kappa shape index (κ3) is 5.33. The van der Waals surface area contributed by atoms with Crippen molar-refractivity contribution in [2.45, 2.75) is 25.7 Å². The molecule has 7 heteroatoms. The van der Waals surface area contributed by atoms with Gasteiger partial charge in [0, 0.05) is 25.7 Å². The summed E-state index contributed by atoms with van der Waals surface area (Å²) in [6.07, 6.45) is 2.06. The summed E-state index contributed by atoms with van der Waals surface area (Å²) in [4.78, 5) is 19.2. The zero-order chi connectivity index (χ0) is 20.6. The van der Waals surface area contributed by atoms with Crippen molar-refractivity contribution in [2.24, 2.45) is 0 Å². The normalized spacial score (nSPS) is 14.4. The highest BCUT2D eigenvalue weighted by atomic mass is 16.7. The van der Waals surface area contributed by atoms with E-state index in [0.29, 0.717) is 17.2 Å². The number of anilines is 2. The highest BCUT2D eigenvalue weighted by Gasteiger charge is 2.21. The van der Waals surface area contributed by atoms with E-state index in [1.807, 2.05) is 30.3 Å². The first-order valence-electron chi connectivity index (χ1n) is 9.76. The lowest BCUT2D eigenvalue weighted by molar-refractivity contribution is -0.120. The van der Waals surface area contributed by atoms with Crippen LogP contribution in [0.2, 0.25) is 0 Å². The summed E-state index contributed by atoms with van der Waals surface area (Å²) in [6.45, 7) is 3.30. The molecule has 1 amide bonds. The van der Waals surface area contributed by atoms with Gasteiger partial charge < -0.3 is 10.0 Å². The highest BCUT2D eigenvalue weighted by Crippen LogP contribution is 2.31. The first-order chi connectivity index (χ1) is 14.1. The van der Waals surface area contributed by atoms with Crippen LogP contribution in [0.5, 0.6) is 0 Å². The van der Waals surface area contributed by atoms with Gasteiger partial charge in [0.1, 0.15) is 0 Å². The molecule has 0 bridgehead atoms. The SMILES string of the molecule is CC(=O)N(NOCCO)c1ccc(C2CCN(c3cccc(C#N)c3)CC2)cc1. The van der Waals surface area contributed by atoms with Gasteiger partial charge in [-0.05, 0) is 54.7 Å². The Hall–Kier alpha value is -2.92. The van der Waals surface area contributed by atoms with Gasteiger partial charge in [-0.25, -0.2) is 5.01 Å². The lowest BCUT2D eigenvalue weighted by atomic mass is 9.89. The van der Waals surface area contributed by atoms with Gasteiger partial charge in [-0.1, -0.05) is 18.2 Å². The minimum absolute atomic E-state index is 0.0950. The first-order valence-corrected chi connectivity index (χ1v) is 9.76. The van der Waals surface area contributed by atoms with E-state index >= 15 is 0 Å². The molecule has 1 aliphatic rings. The first kappa shape index (κ1) is 20.8. The topological polar surface area (TPSA) is 88.8 Å². The molecule has 0 aliphatic carbocycles. The van der Waals surface area contributed by atoms with Crippen LogP contribution in [0.3, 0.4) is 0 Å². The fourth-order valence-corrected chi connectivity index (χ4v) is 3.59. The monoisotopic (exact) mass is 394 g/mol. The van der Waals surface area contributed by atoms with Crippen LogP contribution in [0.1, 0.15) is 36.8 Å². The van der Waals surface area contributed by atoms with E-state index in [-0.39, 0.29) is 19.1 Å². The molecular weight excluding hydrogens is 368 g/mol. The van der Waals surface area contributed by atoms with Gasteiger partial charge in [0.05, 0.1) is 30.5 Å². The van der Waals surface area contributed by atoms with E-state index in [2.05, 4.69) is 34.8 Å². The van der Waals surface area contributed by atoms with E-state index in [4.69, 9.17) is 15.2 Å². The number of nitrogens with zero attached hydrogens (tertiary/aromatic N) is 3. The number of amides is 1. The molecule has 2 aromatic carbocycles. The maximum atomic E-state index is 11.8. The van der Waals surface area contributed by atoms with Gasteiger partial charge in [0.15, 0.2) is 0 Å².